The molecule has 0 radical (unpaired) electrons. The third-order valence-corrected chi connectivity index (χ3v) is 6.34. The number of hydrogen-bond acceptors (Lipinski definition) is 7. The fourth-order valence-corrected chi connectivity index (χ4v) is 4.39. The summed E-state index contributed by atoms with van der Waals surface area (Å²) < 4.78 is 52.9. The zero-order valence-corrected chi connectivity index (χ0v) is 17.8. The first-order valence-corrected chi connectivity index (χ1v) is 10.8. The zero-order valence-electron chi connectivity index (χ0n) is 17.8. The van der Waals surface area contributed by atoms with E-state index in [9.17, 15) is 18.0 Å². The molecule has 176 valence electrons. The molecule has 0 spiro atoms. The van der Waals surface area contributed by atoms with Gasteiger partial charge in [0.1, 0.15) is 5.82 Å². The number of rotatable bonds is 6. The molecule has 2 fully saturated rings. The fourth-order valence-electron chi connectivity index (χ4n) is 4.39. The normalized spacial score (nSPS) is 17.4. The highest BCUT2D eigenvalue weighted by Gasteiger charge is 2.38. The number of nitrogens with zero attached hydrogens (tertiary/aromatic N) is 6. The van der Waals surface area contributed by atoms with E-state index in [1.54, 1.807) is 22.8 Å². The van der Waals surface area contributed by atoms with Gasteiger partial charge in [-0.1, -0.05) is 0 Å². The van der Waals surface area contributed by atoms with Gasteiger partial charge in [0.05, 0.1) is 54.1 Å². The summed E-state index contributed by atoms with van der Waals surface area (Å²) in [6.45, 7) is 3.02. The Morgan fingerprint density at radius 1 is 1.06 bits per heavy atom. The highest BCUT2D eigenvalue weighted by molar-refractivity contribution is 5.76. The Morgan fingerprint density at radius 3 is 2.53 bits per heavy atom. The van der Waals surface area contributed by atoms with Gasteiger partial charge in [-0.3, -0.25) is 19.0 Å². The molecule has 12 heteroatoms. The summed E-state index contributed by atoms with van der Waals surface area (Å²) in [6.07, 6.45) is -1.45. The van der Waals surface area contributed by atoms with Crippen LogP contribution in [0.15, 0.2) is 45.7 Å². The molecule has 4 aromatic rings. The average Bonchev–Trinajstić information content (AvgIpc) is 3.34. The lowest BCUT2D eigenvalue weighted by Crippen LogP contribution is -2.60. The van der Waals surface area contributed by atoms with E-state index in [4.69, 9.17) is 9.15 Å². The molecular weight excluding hydrogens is 453 g/mol. The molecule has 2 aliphatic rings. The van der Waals surface area contributed by atoms with E-state index in [1.165, 1.54) is 22.9 Å². The second-order valence-corrected chi connectivity index (χ2v) is 8.46. The van der Waals surface area contributed by atoms with Crippen molar-refractivity contribution in [3.05, 3.63) is 64.4 Å². The van der Waals surface area contributed by atoms with Gasteiger partial charge in [-0.05, 0) is 30.3 Å². The van der Waals surface area contributed by atoms with Gasteiger partial charge in [-0.15, -0.1) is 10.2 Å². The molecule has 2 aliphatic heterocycles. The van der Waals surface area contributed by atoms with Crippen molar-refractivity contribution < 1.29 is 22.3 Å². The van der Waals surface area contributed by atoms with Gasteiger partial charge in [0, 0.05) is 19.3 Å². The Labute approximate surface area is 190 Å². The summed E-state index contributed by atoms with van der Waals surface area (Å²) in [4.78, 5) is 20.0. The molecule has 0 unspecified atom stereocenters. The van der Waals surface area contributed by atoms with Crippen LogP contribution < -0.4 is 5.69 Å². The summed E-state index contributed by atoms with van der Waals surface area (Å²) in [5.74, 6) is -1.27. The number of fused-ring (bicyclic) bond motifs is 1. The zero-order chi connectivity index (χ0) is 23.4. The van der Waals surface area contributed by atoms with Crippen molar-refractivity contribution in [2.45, 2.75) is 25.1 Å². The Morgan fingerprint density at radius 2 is 1.88 bits per heavy atom. The van der Waals surface area contributed by atoms with Crippen molar-refractivity contribution in [2.24, 2.45) is 0 Å². The van der Waals surface area contributed by atoms with Crippen LogP contribution in [0, 0.1) is 5.82 Å². The molecule has 3 aromatic heterocycles. The molecule has 0 atom stereocenters. The van der Waals surface area contributed by atoms with E-state index in [2.05, 4.69) is 20.1 Å². The SMILES string of the molecule is O=c1n(Cc2ccc(-c3nnc(C(F)F)o3)cn2)c2cc(F)ccc2n1C1CN(C2COC2)C1. The third-order valence-electron chi connectivity index (χ3n) is 6.34. The van der Waals surface area contributed by atoms with E-state index in [-0.39, 0.29) is 24.2 Å². The van der Waals surface area contributed by atoms with Crippen LogP contribution >= 0.6 is 0 Å². The predicted octanol–water partition coefficient (Wildman–Crippen LogP) is 2.63. The van der Waals surface area contributed by atoms with Crippen LogP contribution in [-0.4, -0.2) is 61.6 Å². The van der Waals surface area contributed by atoms with E-state index in [0.29, 0.717) is 41.5 Å². The maximum Gasteiger partial charge on any atom is 0.329 e. The lowest BCUT2D eigenvalue weighted by molar-refractivity contribution is -0.0983. The molecule has 5 heterocycles. The summed E-state index contributed by atoms with van der Waals surface area (Å²) in [7, 11) is 0. The minimum atomic E-state index is -2.86. The van der Waals surface area contributed by atoms with Crippen molar-refractivity contribution in [1.82, 2.24) is 29.2 Å². The van der Waals surface area contributed by atoms with Gasteiger partial charge in [-0.25, -0.2) is 9.18 Å². The molecule has 2 saturated heterocycles. The minimum Gasteiger partial charge on any atom is -0.415 e. The molecule has 0 bridgehead atoms. The first-order valence-electron chi connectivity index (χ1n) is 10.8. The second kappa shape index (κ2) is 8.06. The second-order valence-electron chi connectivity index (χ2n) is 8.46. The number of benzene rings is 1. The largest absolute Gasteiger partial charge is 0.415 e. The van der Waals surface area contributed by atoms with Gasteiger partial charge >= 0.3 is 12.1 Å². The van der Waals surface area contributed by atoms with Crippen LogP contribution in [0.5, 0.6) is 0 Å². The Kier molecular flexibility index (Phi) is 4.99. The maximum atomic E-state index is 14.1. The maximum absolute atomic E-state index is 14.1. The number of hydrogen-bond donors (Lipinski definition) is 0. The monoisotopic (exact) mass is 472 g/mol. The van der Waals surface area contributed by atoms with Crippen molar-refractivity contribution in [3.8, 4) is 11.5 Å². The standard InChI is InChI=1S/C22H19F3N6O3/c23-13-2-4-17-18(5-13)30(22(32)31(17)15-8-29(9-15)16-10-33-11-16)7-14-3-1-12(6-26-14)20-27-28-21(34-20)19(24)25/h1-6,15-16,19H,7-11H2. The Balaban J connectivity index is 1.29. The van der Waals surface area contributed by atoms with Gasteiger partial charge in [0.2, 0.25) is 5.89 Å². The van der Waals surface area contributed by atoms with E-state index in [0.717, 1.165) is 13.1 Å². The van der Waals surface area contributed by atoms with Crippen LogP contribution in [0.25, 0.3) is 22.5 Å². The quantitative estimate of drug-likeness (QED) is 0.426. The van der Waals surface area contributed by atoms with Crippen molar-refractivity contribution in [2.75, 3.05) is 26.3 Å². The summed E-state index contributed by atoms with van der Waals surface area (Å²) in [5, 5.41) is 6.91. The average molecular weight is 472 g/mol. The fraction of sp³-hybridized carbons (Fsp3) is 0.364. The third kappa shape index (κ3) is 3.49. The highest BCUT2D eigenvalue weighted by atomic mass is 19.3. The van der Waals surface area contributed by atoms with Crippen LogP contribution in [-0.2, 0) is 11.3 Å². The van der Waals surface area contributed by atoms with E-state index >= 15 is 0 Å². The Bertz CT molecular complexity index is 1400. The number of likely N-dealkylation sites (tertiary alicyclic amines) is 1. The number of pyridine rings is 1. The molecule has 34 heavy (non-hydrogen) atoms. The molecule has 0 amide bonds. The van der Waals surface area contributed by atoms with Crippen LogP contribution in [0.1, 0.15) is 24.1 Å². The van der Waals surface area contributed by atoms with Crippen molar-refractivity contribution in [3.63, 3.8) is 0 Å². The van der Waals surface area contributed by atoms with E-state index in [1.807, 2.05) is 0 Å². The number of ether oxygens (including phenoxy) is 1. The van der Waals surface area contributed by atoms with Gasteiger partial charge in [-0.2, -0.15) is 8.78 Å². The van der Waals surface area contributed by atoms with Gasteiger partial charge < -0.3 is 9.15 Å². The highest BCUT2D eigenvalue weighted by Crippen LogP contribution is 2.29. The Hall–Kier alpha value is -3.51. The van der Waals surface area contributed by atoms with Crippen LogP contribution in [0.4, 0.5) is 13.2 Å². The smallest absolute Gasteiger partial charge is 0.329 e. The van der Waals surface area contributed by atoms with Crippen molar-refractivity contribution in [1.29, 1.82) is 0 Å². The molecule has 9 nitrogen and oxygen atoms in total. The number of imidazole rings is 1. The molecule has 6 rings (SSSR count). The van der Waals surface area contributed by atoms with Gasteiger partial charge in [0.25, 0.3) is 5.89 Å². The number of aromatic nitrogens is 5. The first kappa shape index (κ1) is 21.1. The first-order chi connectivity index (χ1) is 16.5. The molecular formula is C22H19F3N6O3. The molecule has 0 saturated carbocycles. The lowest BCUT2D eigenvalue weighted by Gasteiger charge is -2.47. The molecule has 0 aliphatic carbocycles. The molecule has 1 aromatic carbocycles. The lowest BCUT2D eigenvalue weighted by atomic mass is 10.0. The summed E-state index contributed by atoms with van der Waals surface area (Å²) in [6, 6.07) is 7.96. The summed E-state index contributed by atoms with van der Waals surface area (Å²) in [5.41, 5.74) is 1.82. The summed E-state index contributed by atoms with van der Waals surface area (Å²) >= 11 is 0. The van der Waals surface area contributed by atoms with Gasteiger partial charge in [0.15, 0.2) is 0 Å². The minimum absolute atomic E-state index is 0.000737. The topological polar surface area (TPSA) is 91.2 Å². The van der Waals surface area contributed by atoms with Crippen LogP contribution in [0.2, 0.25) is 0 Å². The van der Waals surface area contributed by atoms with E-state index < -0.39 is 18.1 Å². The molecule has 0 N–H and O–H groups in total. The number of halogens is 3. The van der Waals surface area contributed by atoms with Crippen molar-refractivity contribution >= 4 is 11.0 Å². The predicted molar refractivity (Wildman–Crippen MR) is 113 cm³/mol. The number of alkyl halides is 2. The van der Waals surface area contributed by atoms with Crippen LogP contribution in [0.3, 0.4) is 0 Å².